The third-order valence-corrected chi connectivity index (χ3v) is 6.20. The molecular formula is C15H16ClN3OS2. The fourth-order valence-electron chi connectivity index (χ4n) is 2.53. The number of amides is 1. The molecule has 0 unspecified atom stereocenters. The van der Waals surface area contributed by atoms with Gasteiger partial charge < -0.3 is 4.90 Å². The van der Waals surface area contributed by atoms with E-state index in [0.29, 0.717) is 10.1 Å². The van der Waals surface area contributed by atoms with E-state index in [2.05, 4.69) is 15.7 Å². The van der Waals surface area contributed by atoms with Gasteiger partial charge in [0.25, 0.3) is 5.91 Å². The smallest absolute Gasteiger partial charge is 0.267 e. The molecule has 1 fully saturated rings. The van der Waals surface area contributed by atoms with E-state index in [1.165, 1.54) is 17.1 Å². The Morgan fingerprint density at radius 3 is 2.91 bits per heavy atom. The number of aromatic nitrogens is 2. The molecule has 1 amide bonds. The molecule has 0 bridgehead atoms. The minimum atomic E-state index is 0.0490. The summed E-state index contributed by atoms with van der Waals surface area (Å²) in [7, 11) is 0. The van der Waals surface area contributed by atoms with Gasteiger partial charge in [-0.2, -0.15) is 11.8 Å². The Labute approximate surface area is 143 Å². The number of benzene rings is 1. The van der Waals surface area contributed by atoms with Crippen molar-refractivity contribution in [3.8, 4) is 0 Å². The van der Waals surface area contributed by atoms with Crippen LogP contribution >= 0.6 is 34.9 Å². The Kier molecular flexibility index (Phi) is 5.00. The Morgan fingerprint density at radius 2 is 2.18 bits per heavy atom. The third kappa shape index (κ3) is 3.29. The predicted octanol–water partition coefficient (Wildman–Crippen LogP) is 3.82. The summed E-state index contributed by atoms with van der Waals surface area (Å²) in [5.41, 5.74) is 1.88. The van der Waals surface area contributed by atoms with E-state index in [9.17, 15) is 4.79 Å². The summed E-state index contributed by atoms with van der Waals surface area (Å²) >= 11 is 9.35. The van der Waals surface area contributed by atoms with Crippen LogP contribution in [0, 0.1) is 6.92 Å². The Hall–Kier alpha value is -1.11. The van der Waals surface area contributed by atoms with Crippen LogP contribution in [0.25, 0.3) is 0 Å². The average molecular weight is 354 g/mol. The van der Waals surface area contributed by atoms with Crippen molar-refractivity contribution in [1.29, 1.82) is 0 Å². The topological polar surface area (TPSA) is 46.1 Å². The molecular weight excluding hydrogens is 338 g/mol. The lowest BCUT2D eigenvalue weighted by molar-refractivity contribution is 0.0770. The number of carbonyl (C=O) groups excluding carboxylic acids is 1. The van der Waals surface area contributed by atoms with Crippen LogP contribution in [-0.4, -0.2) is 39.2 Å². The second-order valence-corrected chi connectivity index (χ2v) is 7.62. The fraction of sp³-hybridized carbons (Fsp3) is 0.400. The standard InChI is InChI=1S/C15H16ClN3OS2/c1-10-14(22-18-17-10)15(20)19-7-6-13(21-9-8-19)11-4-2-3-5-12(11)16/h2-5,13H,6-9H2,1H3/t13-/m1/s1. The molecule has 2 aromatic rings. The highest BCUT2D eigenvalue weighted by Crippen LogP contribution is 2.38. The van der Waals surface area contributed by atoms with Gasteiger partial charge in [0.15, 0.2) is 0 Å². The van der Waals surface area contributed by atoms with E-state index in [1.807, 2.05) is 41.8 Å². The fourth-order valence-corrected chi connectivity index (χ4v) is 4.75. The van der Waals surface area contributed by atoms with Crippen LogP contribution in [0.4, 0.5) is 0 Å². The summed E-state index contributed by atoms with van der Waals surface area (Å²) in [5.74, 6) is 0.959. The van der Waals surface area contributed by atoms with E-state index in [1.54, 1.807) is 0 Å². The summed E-state index contributed by atoms with van der Waals surface area (Å²) in [6.07, 6.45) is 0.908. The van der Waals surface area contributed by atoms with Crippen LogP contribution < -0.4 is 0 Å². The Bertz CT molecular complexity index is 676. The van der Waals surface area contributed by atoms with Gasteiger partial charge in [-0.15, -0.1) is 5.10 Å². The van der Waals surface area contributed by atoms with E-state index in [4.69, 9.17) is 11.6 Å². The zero-order valence-corrected chi connectivity index (χ0v) is 14.5. The first-order chi connectivity index (χ1) is 10.7. The number of rotatable bonds is 2. The second kappa shape index (κ2) is 6.98. The van der Waals surface area contributed by atoms with Gasteiger partial charge in [0.1, 0.15) is 4.88 Å². The maximum absolute atomic E-state index is 12.6. The molecule has 1 aliphatic rings. The van der Waals surface area contributed by atoms with Crippen molar-refractivity contribution in [2.75, 3.05) is 18.8 Å². The van der Waals surface area contributed by atoms with Gasteiger partial charge in [-0.05, 0) is 36.5 Å². The van der Waals surface area contributed by atoms with Crippen LogP contribution in [0.2, 0.25) is 5.02 Å². The van der Waals surface area contributed by atoms with Gasteiger partial charge in [0, 0.05) is 29.1 Å². The molecule has 1 aromatic carbocycles. The quantitative estimate of drug-likeness (QED) is 0.823. The molecule has 7 heteroatoms. The molecule has 0 saturated carbocycles. The number of thioether (sulfide) groups is 1. The number of hydrogen-bond acceptors (Lipinski definition) is 5. The molecule has 0 N–H and O–H groups in total. The summed E-state index contributed by atoms with van der Waals surface area (Å²) in [5, 5.41) is 5.08. The molecule has 1 saturated heterocycles. The van der Waals surface area contributed by atoms with Gasteiger partial charge in [-0.1, -0.05) is 34.3 Å². The van der Waals surface area contributed by atoms with Crippen LogP contribution in [0.3, 0.4) is 0 Å². The summed E-state index contributed by atoms with van der Waals surface area (Å²) in [6, 6.07) is 7.97. The Morgan fingerprint density at radius 1 is 1.36 bits per heavy atom. The first-order valence-corrected chi connectivity index (χ1v) is 9.31. The van der Waals surface area contributed by atoms with E-state index in [0.717, 1.165) is 36.0 Å². The van der Waals surface area contributed by atoms with Crippen molar-refractivity contribution in [2.24, 2.45) is 0 Å². The molecule has 3 rings (SSSR count). The van der Waals surface area contributed by atoms with E-state index < -0.39 is 0 Å². The van der Waals surface area contributed by atoms with Gasteiger partial charge in [-0.3, -0.25) is 4.79 Å². The molecule has 2 heterocycles. The first-order valence-electron chi connectivity index (χ1n) is 7.11. The zero-order chi connectivity index (χ0) is 15.5. The third-order valence-electron chi connectivity index (χ3n) is 3.73. The summed E-state index contributed by atoms with van der Waals surface area (Å²) < 4.78 is 3.86. The van der Waals surface area contributed by atoms with Crippen LogP contribution in [0.1, 0.15) is 32.6 Å². The number of aryl methyl sites for hydroxylation is 1. The molecule has 0 spiro atoms. The molecule has 1 atom stereocenters. The predicted molar refractivity (Wildman–Crippen MR) is 91.8 cm³/mol. The highest BCUT2D eigenvalue weighted by atomic mass is 35.5. The van der Waals surface area contributed by atoms with Crippen molar-refractivity contribution < 1.29 is 4.79 Å². The van der Waals surface area contributed by atoms with Crippen molar-refractivity contribution in [2.45, 2.75) is 18.6 Å². The van der Waals surface area contributed by atoms with Crippen molar-refractivity contribution in [3.63, 3.8) is 0 Å². The summed E-state index contributed by atoms with van der Waals surface area (Å²) in [4.78, 5) is 15.1. The van der Waals surface area contributed by atoms with Crippen LogP contribution in [0.5, 0.6) is 0 Å². The molecule has 0 aliphatic carbocycles. The first kappa shape index (κ1) is 15.8. The number of halogens is 1. The van der Waals surface area contributed by atoms with Crippen molar-refractivity contribution >= 4 is 40.8 Å². The highest BCUT2D eigenvalue weighted by Gasteiger charge is 2.25. The molecule has 0 radical (unpaired) electrons. The lowest BCUT2D eigenvalue weighted by Crippen LogP contribution is -2.32. The van der Waals surface area contributed by atoms with Gasteiger partial charge in [0.2, 0.25) is 0 Å². The minimum Gasteiger partial charge on any atom is -0.337 e. The highest BCUT2D eigenvalue weighted by molar-refractivity contribution is 7.99. The normalized spacial score (nSPS) is 19.0. The zero-order valence-electron chi connectivity index (χ0n) is 12.2. The van der Waals surface area contributed by atoms with Crippen LogP contribution in [-0.2, 0) is 0 Å². The van der Waals surface area contributed by atoms with Gasteiger partial charge in [-0.25, -0.2) is 0 Å². The Balaban J connectivity index is 1.72. The van der Waals surface area contributed by atoms with Gasteiger partial charge >= 0.3 is 0 Å². The molecule has 4 nitrogen and oxygen atoms in total. The average Bonchev–Trinajstić information content (AvgIpc) is 2.80. The lowest BCUT2D eigenvalue weighted by atomic mass is 10.1. The van der Waals surface area contributed by atoms with E-state index in [-0.39, 0.29) is 5.91 Å². The lowest BCUT2D eigenvalue weighted by Gasteiger charge is -2.19. The SMILES string of the molecule is Cc1nnsc1C(=O)N1CCS[C@@H](c2ccccc2Cl)CC1. The largest absolute Gasteiger partial charge is 0.337 e. The monoisotopic (exact) mass is 353 g/mol. The molecule has 22 heavy (non-hydrogen) atoms. The maximum atomic E-state index is 12.6. The number of hydrogen-bond donors (Lipinski definition) is 0. The van der Waals surface area contributed by atoms with E-state index >= 15 is 0 Å². The molecule has 1 aromatic heterocycles. The van der Waals surface area contributed by atoms with Crippen molar-refractivity contribution in [1.82, 2.24) is 14.5 Å². The van der Waals surface area contributed by atoms with Gasteiger partial charge in [0.05, 0.1) is 5.69 Å². The van der Waals surface area contributed by atoms with Crippen molar-refractivity contribution in [3.05, 3.63) is 45.4 Å². The maximum Gasteiger partial charge on any atom is 0.267 e. The van der Waals surface area contributed by atoms with Crippen LogP contribution in [0.15, 0.2) is 24.3 Å². The molecule has 1 aliphatic heterocycles. The summed E-state index contributed by atoms with van der Waals surface area (Å²) in [6.45, 7) is 3.32. The second-order valence-electron chi connectivity index (χ2n) is 5.15. The molecule has 116 valence electrons. The minimum absolute atomic E-state index is 0.0490. The number of carbonyl (C=O) groups is 1. The number of nitrogens with zero attached hydrogens (tertiary/aromatic N) is 3.